The molecule has 0 aliphatic rings. The second-order valence-electron chi connectivity index (χ2n) is 5.73. The van der Waals surface area contributed by atoms with E-state index < -0.39 is 12.0 Å². The van der Waals surface area contributed by atoms with Gasteiger partial charge < -0.3 is 10.8 Å². The third-order valence-corrected chi connectivity index (χ3v) is 5.05. The lowest BCUT2D eigenvalue weighted by molar-refractivity contribution is -0.137. The standard InChI is InChI=1S/C17H27NO2S.ClH/c1-4-5-6-16(21-11-15(18)17(19)20)14-9-7-13(8-10-14)12(2)3;/h7-10,12,15-16H,4-6,11,18H2,1-3H3,(H,19,20);1H/t15-,16?;/m0./s1. The van der Waals surface area contributed by atoms with Crippen LogP contribution >= 0.6 is 24.2 Å². The van der Waals surface area contributed by atoms with Gasteiger partial charge in [0, 0.05) is 11.0 Å². The van der Waals surface area contributed by atoms with Crippen molar-refractivity contribution in [1.29, 1.82) is 0 Å². The number of hydrogen-bond donors (Lipinski definition) is 2. The van der Waals surface area contributed by atoms with Gasteiger partial charge in [-0.05, 0) is 23.5 Å². The Bertz CT molecular complexity index is 437. The van der Waals surface area contributed by atoms with Gasteiger partial charge in [-0.3, -0.25) is 4.79 Å². The van der Waals surface area contributed by atoms with Gasteiger partial charge in [0.1, 0.15) is 6.04 Å². The molecule has 1 rings (SSSR count). The predicted molar refractivity (Wildman–Crippen MR) is 98.1 cm³/mol. The van der Waals surface area contributed by atoms with Crippen LogP contribution in [0.5, 0.6) is 0 Å². The molecule has 126 valence electrons. The van der Waals surface area contributed by atoms with Crippen LogP contribution in [0.15, 0.2) is 24.3 Å². The highest BCUT2D eigenvalue weighted by Gasteiger charge is 2.17. The monoisotopic (exact) mass is 345 g/mol. The molecule has 0 saturated heterocycles. The minimum atomic E-state index is -0.924. The summed E-state index contributed by atoms with van der Waals surface area (Å²) in [5, 5.41) is 9.23. The van der Waals surface area contributed by atoms with Crippen molar-refractivity contribution in [3.05, 3.63) is 35.4 Å². The van der Waals surface area contributed by atoms with Crippen molar-refractivity contribution in [2.24, 2.45) is 5.73 Å². The zero-order chi connectivity index (χ0) is 15.8. The van der Waals surface area contributed by atoms with Gasteiger partial charge in [0.15, 0.2) is 0 Å². The van der Waals surface area contributed by atoms with Gasteiger partial charge in [-0.25, -0.2) is 0 Å². The topological polar surface area (TPSA) is 63.3 Å². The first-order valence-electron chi connectivity index (χ1n) is 7.65. The molecule has 2 atom stereocenters. The van der Waals surface area contributed by atoms with Gasteiger partial charge in [0.2, 0.25) is 0 Å². The van der Waals surface area contributed by atoms with Crippen molar-refractivity contribution in [2.75, 3.05) is 5.75 Å². The second-order valence-corrected chi connectivity index (χ2v) is 6.97. The predicted octanol–water partition coefficient (Wildman–Crippen LogP) is 4.61. The van der Waals surface area contributed by atoms with Crippen molar-refractivity contribution >= 4 is 30.1 Å². The molecule has 0 amide bonds. The highest BCUT2D eigenvalue weighted by Crippen LogP contribution is 2.34. The van der Waals surface area contributed by atoms with E-state index in [9.17, 15) is 4.79 Å². The molecular weight excluding hydrogens is 318 g/mol. The lowest BCUT2D eigenvalue weighted by atomic mass is 9.99. The first kappa shape index (κ1) is 21.3. The van der Waals surface area contributed by atoms with E-state index in [0.29, 0.717) is 16.9 Å². The maximum Gasteiger partial charge on any atom is 0.321 e. The highest BCUT2D eigenvalue weighted by atomic mass is 35.5. The van der Waals surface area contributed by atoms with E-state index in [4.69, 9.17) is 10.8 Å². The Balaban J connectivity index is 0.00000441. The summed E-state index contributed by atoms with van der Waals surface area (Å²) in [5.74, 6) is 0.0588. The zero-order valence-electron chi connectivity index (χ0n) is 13.6. The molecule has 0 saturated carbocycles. The van der Waals surface area contributed by atoms with E-state index in [1.54, 1.807) is 11.8 Å². The highest BCUT2D eigenvalue weighted by molar-refractivity contribution is 7.99. The second kappa shape index (κ2) is 10.9. The molecule has 3 N–H and O–H groups in total. The molecule has 0 aromatic heterocycles. The Morgan fingerprint density at radius 3 is 2.23 bits per heavy atom. The number of carbonyl (C=O) groups is 1. The van der Waals surface area contributed by atoms with Crippen LogP contribution in [0.3, 0.4) is 0 Å². The van der Waals surface area contributed by atoms with Gasteiger partial charge in [0.25, 0.3) is 0 Å². The SMILES string of the molecule is CCCCC(SC[C@H](N)C(=O)O)c1ccc(C(C)C)cc1.Cl. The largest absolute Gasteiger partial charge is 0.480 e. The quantitative estimate of drug-likeness (QED) is 0.686. The number of unbranched alkanes of at least 4 members (excludes halogenated alkanes) is 1. The Kier molecular flexibility index (Phi) is 10.6. The number of aliphatic carboxylic acids is 1. The summed E-state index contributed by atoms with van der Waals surface area (Å²) < 4.78 is 0. The molecule has 0 aliphatic heterocycles. The molecule has 1 unspecified atom stereocenters. The third-order valence-electron chi connectivity index (χ3n) is 3.59. The molecule has 3 nitrogen and oxygen atoms in total. The Morgan fingerprint density at radius 1 is 1.23 bits per heavy atom. The summed E-state index contributed by atoms with van der Waals surface area (Å²) in [5.41, 5.74) is 8.22. The molecule has 1 aromatic carbocycles. The number of halogens is 1. The number of carboxylic acids is 1. The lowest BCUT2D eigenvalue weighted by Crippen LogP contribution is -2.32. The van der Waals surface area contributed by atoms with E-state index in [1.807, 2.05) is 0 Å². The normalized spacial score (nSPS) is 13.5. The van der Waals surface area contributed by atoms with Crippen LogP contribution < -0.4 is 5.73 Å². The van der Waals surface area contributed by atoms with Crippen LogP contribution in [0.2, 0.25) is 0 Å². The van der Waals surface area contributed by atoms with Gasteiger partial charge in [-0.2, -0.15) is 11.8 Å². The number of carboxylic acid groups (broad SMARTS) is 1. The summed E-state index contributed by atoms with van der Waals surface area (Å²) >= 11 is 1.66. The number of rotatable bonds is 9. The van der Waals surface area contributed by atoms with Gasteiger partial charge in [0.05, 0.1) is 0 Å². The van der Waals surface area contributed by atoms with Crippen LogP contribution in [0.4, 0.5) is 0 Å². The smallest absolute Gasteiger partial charge is 0.321 e. The van der Waals surface area contributed by atoms with Crippen LogP contribution in [-0.4, -0.2) is 22.9 Å². The molecule has 0 fully saturated rings. The summed E-state index contributed by atoms with van der Waals surface area (Å²) in [6.45, 7) is 6.54. The van der Waals surface area contributed by atoms with Gasteiger partial charge in [-0.15, -0.1) is 12.4 Å². The number of nitrogens with two attached hydrogens (primary N) is 1. The molecule has 1 aromatic rings. The van der Waals surface area contributed by atoms with Gasteiger partial charge in [-0.1, -0.05) is 57.9 Å². The first-order chi connectivity index (χ1) is 9.95. The van der Waals surface area contributed by atoms with Gasteiger partial charge >= 0.3 is 5.97 Å². The summed E-state index contributed by atoms with van der Waals surface area (Å²) in [6, 6.07) is 7.92. The number of benzene rings is 1. The van der Waals surface area contributed by atoms with Crippen LogP contribution in [0, 0.1) is 0 Å². The Morgan fingerprint density at radius 2 is 1.77 bits per heavy atom. The van der Waals surface area contributed by atoms with Crippen molar-refractivity contribution in [3.63, 3.8) is 0 Å². The fourth-order valence-corrected chi connectivity index (χ4v) is 3.39. The van der Waals surface area contributed by atoms with E-state index >= 15 is 0 Å². The van der Waals surface area contributed by atoms with Crippen molar-refractivity contribution in [1.82, 2.24) is 0 Å². The lowest BCUT2D eigenvalue weighted by Gasteiger charge is -2.19. The fraction of sp³-hybridized carbons (Fsp3) is 0.588. The summed E-state index contributed by atoms with van der Waals surface area (Å²) in [4.78, 5) is 10.8. The molecule has 0 spiro atoms. The third kappa shape index (κ3) is 7.03. The van der Waals surface area contributed by atoms with Crippen molar-refractivity contribution < 1.29 is 9.90 Å². The molecule has 0 heterocycles. The number of thioether (sulfide) groups is 1. The van der Waals surface area contributed by atoms with E-state index in [1.165, 1.54) is 11.1 Å². The molecule has 0 bridgehead atoms. The van der Waals surface area contributed by atoms with Crippen molar-refractivity contribution in [3.8, 4) is 0 Å². The van der Waals surface area contributed by atoms with E-state index in [-0.39, 0.29) is 12.4 Å². The summed E-state index contributed by atoms with van der Waals surface area (Å²) in [7, 11) is 0. The van der Waals surface area contributed by atoms with Crippen LogP contribution in [-0.2, 0) is 4.79 Å². The van der Waals surface area contributed by atoms with Crippen LogP contribution in [0.1, 0.15) is 62.3 Å². The minimum Gasteiger partial charge on any atom is -0.480 e. The first-order valence-corrected chi connectivity index (χ1v) is 8.70. The van der Waals surface area contributed by atoms with E-state index in [2.05, 4.69) is 45.0 Å². The average molecular weight is 346 g/mol. The molecular formula is C17H28ClNO2S. The Labute approximate surface area is 144 Å². The molecule has 0 radical (unpaired) electrons. The average Bonchev–Trinajstić information content (AvgIpc) is 2.47. The Hall–Kier alpha value is -0.710. The fourth-order valence-electron chi connectivity index (χ4n) is 2.12. The maximum atomic E-state index is 10.8. The zero-order valence-corrected chi connectivity index (χ0v) is 15.3. The molecule has 0 aliphatic carbocycles. The number of hydrogen-bond acceptors (Lipinski definition) is 3. The molecule has 5 heteroatoms. The van der Waals surface area contributed by atoms with E-state index in [0.717, 1.165) is 19.3 Å². The maximum absolute atomic E-state index is 10.8. The van der Waals surface area contributed by atoms with Crippen LogP contribution in [0.25, 0.3) is 0 Å². The summed E-state index contributed by atoms with van der Waals surface area (Å²) in [6.07, 6.45) is 3.35. The minimum absolute atomic E-state index is 0. The van der Waals surface area contributed by atoms with Crippen molar-refractivity contribution in [2.45, 2.75) is 57.2 Å². The molecule has 22 heavy (non-hydrogen) atoms.